The first-order valence-electron chi connectivity index (χ1n) is 1.41. The molecule has 0 aliphatic carbocycles. The SMILES string of the molecule is Fn1nnc(Cl)n1. The van der Waals surface area contributed by atoms with Gasteiger partial charge >= 0.3 is 0 Å². The summed E-state index contributed by atoms with van der Waals surface area (Å²) in [7, 11) is 0. The standard InChI is InChI=1S/CClFN4/c2-1-4-6-7(3)5-1. The fourth-order valence-corrected chi connectivity index (χ4v) is 0.278. The molecule has 0 amide bonds. The van der Waals surface area contributed by atoms with E-state index < -0.39 is 0 Å². The molecule has 6 heteroatoms. The number of tetrazole rings is 1. The van der Waals surface area contributed by atoms with Crippen LogP contribution < -0.4 is 0 Å². The molecular formula is CClFN4. The highest BCUT2D eigenvalue weighted by Crippen LogP contribution is 1.91. The van der Waals surface area contributed by atoms with Gasteiger partial charge in [0.2, 0.25) is 0 Å². The van der Waals surface area contributed by atoms with Crippen LogP contribution in [0.3, 0.4) is 0 Å². The minimum absolute atomic E-state index is 0.192. The molecule has 7 heavy (non-hydrogen) atoms. The smallest absolute Gasteiger partial charge is 0.0932 e. The number of aromatic nitrogens is 4. The van der Waals surface area contributed by atoms with Gasteiger partial charge < -0.3 is 0 Å². The second kappa shape index (κ2) is 1.42. The highest BCUT2D eigenvalue weighted by Gasteiger charge is 1.92. The Bertz CT molecular complexity index is 144. The summed E-state index contributed by atoms with van der Waals surface area (Å²) in [5, 5.41) is 8.29. The van der Waals surface area contributed by atoms with Gasteiger partial charge in [-0.1, -0.05) is 14.7 Å². The van der Waals surface area contributed by atoms with Crippen molar-refractivity contribution in [3.63, 3.8) is 0 Å². The molecule has 1 aromatic rings. The minimum Gasteiger partial charge on any atom is -0.0932 e. The number of rotatable bonds is 0. The van der Waals surface area contributed by atoms with Crippen molar-refractivity contribution in [1.29, 1.82) is 0 Å². The van der Waals surface area contributed by atoms with Crippen LogP contribution in [0.15, 0.2) is 0 Å². The van der Waals surface area contributed by atoms with Crippen molar-refractivity contribution in [2.24, 2.45) is 0 Å². The van der Waals surface area contributed by atoms with Gasteiger partial charge in [0.05, 0.1) is 0 Å². The lowest BCUT2D eigenvalue weighted by Crippen LogP contribution is -1.84. The Balaban J connectivity index is 3.04. The molecule has 1 heterocycles. The van der Waals surface area contributed by atoms with Crippen LogP contribution in [-0.2, 0) is 0 Å². The summed E-state index contributed by atoms with van der Waals surface area (Å²) in [5.41, 5.74) is 0. The number of hydrogen-bond acceptors (Lipinski definition) is 3. The van der Waals surface area contributed by atoms with Crippen molar-refractivity contribution in [2.75, 3.05) is 0 Å². The van der Waals surface area contributed by atoms with Crippen LogP contribution in [0.4, 0.5) is 4.48 Å². The summed E-state index contributed by atoms with van der Waals surface area (Å²) in [4.78, 5) is 0. The predicted octanol–water partition coefficient (Wildman–Crippen LogP) is 0.0591. The normalized spacial score (nSPS) is 9.43. The van der Waals surface area contributed by atoms with Crippen molar-refractivity contribution >= 4 is 11.6 Å². The third kappa shape index (κ3) is 0.833. The minimum atomic E-state index is -0.206. The van der Waals surface area contributed by atoms with E-state index in [4.69, 9.17) is 11.6 Å². The van der Waals surface area contributed by atoms with Crippen molar-refractivity contribution in [1.82, 2.24) is 20.4 Å². The highest BCUT2D eigenvalue weighted by atomic mass is 35.5. The summed E-state index contributed by atoms with van der Waals surface area (Å²) < 4.78 is 11.5. The lowest BCUT2D eigenvalue weighted by molar-refractivity contribution is 0.258. The Kier molecular flexibility index (Phi) is 0.900. The maximum absolute atomic E-state index is 11.5. The van der Waals surface area contributed by atoms with Gasteiger partial charge in [-0.25, -0.2) is 0 Å². The third-order valence-electron chi connectivity index (χ3n) is 0.366. The Morgan fingerprint density at radius 2 is 2.43 bits per heavy atom. The molecule has 0 radical (unpaired) electrons. The lowest BCUT2D eigenvalue weighted by atomic mass is 11.4. The molecule has 1 aromatic heterocycles. The van der Waals surface area contributed by atoms with Crippen LogP contribution in [-0.4, -0.2) is 20.4 Å². The fraction of sp³-hybridized carbons (Fsp3) is 0. The number of halogens is 2. The molecule has 0 atom stereocenters. The highest BCUT2D eigenvalue weighted by molar-refractivity contribution is 6.28. The first-order valence-corrected chi connectivity index (χ1v) is 1.78. The second-order valence-electron chi connectivity index (χ2n) is 0.799. The van der Waals surface area contributed by atoms with E-state index in [1.165, 1.54) is 0 Å². The molecule has 0 saturated carbocycles. The average Bonchev–Trinajstić information content (AvgIpc) is 1.87. The zero-order chi connectivity index (χ0) is 5.28. The summed E-state index contributed by atoms with van der Waals surface area (Å²) in [6, 6.07) is 0. The maximum atomic E-state index is 11.5. The van der Waals surface area contributed by atoms with E-state index in [0.29, 0.717) is 0 Å². The molecule has 0 saturated heterocycles. The largest absolute Gasteiger partial charge is 0.267 e. The van der Waals surface area contributed by atoms with Gasteiger partial charge in [0.1, 0.15) is 0 Å². The van der Waals surface area contributed by atoms with E-state index in [1.54, 1.807) is 0 Å². The quantitative estimate of drug-likeness (QED) is 0.489. The Hall–Kier alpha value is -0.710. The molecule has 0 aliphatic rings. The van der Waals surface area contributed by atoms with Crippen LogP contribution in [0.5, 0.6) is 0 Å². The van der Waals surface area contributed by atoms with E-state index in [-0.39, 0.29) is 10.3 Å². The van der Waals surface area contributed by atoms with E-state index in [2.05, 4.69) is 15.4 Å². The summed E-state index contributed by atoms with van der Waals surface area (Å²) in [6.45, 7) is 0. The first kappa shape index (κ1) is 4.45. The van der Waals surface area contributed by atoms with Gasteiger partial charge in [0.15, 0.2) is 0 Å². The number of hydrogen-bond donors (Lipinski definition) is 0. The molecule has 4 nitrogen and oxygen atoms in total. The molecule has 0 fully saturated rings. The maximum Gasteiger partial charge on any atom is 0.267 e. The van der Waals surface area contributed by atoms with E-state index in [0.717, 1.165) is 0 Å². The molecule has 38 valence electrons. The van der Waals surface area contributed by atoms with E-state index >= 15 is 0 Å². The van der Waals surface area contributed by atoms with Crippen LogP contribution >= 0.6 is 11.6 Å². The monoisotopic (exact) mass is 122 g/mol. The Labute approximate surface area is 42.8 Å². The van der Waals surface area contributed by atoms with Gasteiger partial charge in [-0.05, 0) is 16.8 Å². The van der Waals surface area contributed by atoms with E-state index in [1.807, 2.05) is 0 Å². The molecule has 1 rings (SSSR count). The third-order valence-corrected chi connectivity index (χ3v) is 0.517. The van der Waals surface area contributed by atoms with Crippen molar-refractivity contribution < 1.29 is 4.48 Å². The molecule has 0 unspecified atom stereocenters. The van der Waals surface area contributed by atoms with Gasteiger partial charge in [0.25, 0.3) is 5.28 Å². The molecular weight excluding hydrogens is 122 g/mol. The van der Waals surface area contributed by atoms with E-state index in [9.17, 15) is 4.48 Å². The van der Waals surface area contributed by atoms with Crippen LogP contribution in [0, 0.1) is 0 Å². The molecule has 0 aliphatic heterocycles. The van der Waals surface area contributed by atoms with Crippen LogP contribution in [0.1, 0.15) is 0 Å². The summed E-state index contributed by atoms with van der Waals surface area (Å²) >= 11 is 5.01. The van der Waals surface area contributed by atoms with Crippen molar-refractivity contribution in [3.8, 4) is 0 Å². The van der Waals surface area contributed by atoms with Gasteiger partial charge in [-0.2, -0.15) is 0 Å². The van der Waals surface area contributed by atoms with Gasteiger partial charge in [0, 0.05) is 5.02 Å². The zero-order valence-corrected chi connectivity index (χ0v) is 3.80. The van der Waals surface area contributed by atoms with Crippen molar-refractivity contribution in [2.45, 2.75) is 0 Å². The van der Waals surface area contributed by atoms with Crippen molar-refractivity contribution in [3.05, 3.63) is 5.28 Å². The van der Waals surface area contributed by atoms with Gasteiger partial charge in [-0.3, -0.25) is 0 Å². The molecule has 0 spiro atoms. The first-order chi connectivity index (χ1) is 3.29. The summed E-state index contributed by atoms with van der Waals surface area (Å²) in [5.74, 6) is 0. The Morgan fingerprint density at radius 1 is 1.71 bits per heavy atom. The second-order valence-corrected chi connectivity index (χ2v) is 1.14. The lowest BCUT2D eigenvalue weighted by Gasteiger charge is -1.65. The molecule has 0 bridgehead atoms. The number of nitrogens with zero attached hydrogens (tertiary/aromatic N) is 4. The topological polar surface area (TPSA) is 43.6 Å². The summed E-state index contributed by atoms with van der Waals surface area (Å²) in [6.07, 6.45) is 0. The Morgan fingerprint density at radius 3 is 2.57 bits per heavy atom. The molecule has 0 N–H and O–H groups in total. The van der Waals surface area contributed by atoms with Gasteiger partial charge in [-0.15, -0.1) is 0 Å². The van der Waals surface area contributed by atoms with Crippen LogP contribution in [0.2, 0.25) is 5.28 Å². The fourth-order valence-electron chi connectivity index (χ4n) is 0.182. The average molecular weight is 122 g/mol. The van der Waals surface area contributed by atoms with Crippen LogP contribution in [0.25, 0.3) is 0 Å². The zero-order valence-electron chi connectivity index (χ0n) is 3.04. The molecule has 0 aromatic carbocycles. The predicted molar refractivity (Wildman–Crippen MR) is 19.3 cm³/mol.